The van der Waals surface area contributed by atoms with Crippen LogP contribution in [0, 0.1) is 23.1 Å². The summed E-state index contributed by atoms with van der Waals surface area (Å²) >= 11 is 1.08. The fraction of sp³-hybridized carbons (Fsp3) is 0.645. The number of ether oxygens (including phenoxy) is 2. The van der Waals surface area contributed by atoms with Gasteiger partial charge in [0.1, 0.15) is 35.5 Å². The highest BCUT2D eigenvalue weighted by Crippen LogP contribution is 2.45. The molecule has 0 bridgehead atoms. The molecule has 6 heterocycles. The van der Waals surface area contributed by atoms with Gasteiger partial charge < -0.3 is 30.1 Å². The molecule has 4 saturated heterocycles. The van der Waals surface area contributed by atoms with Crippen molar-refractivity contribution >= 4 is 44.0 Å². The number of aliphatic hydroxyl groups is 1. The van der Waals surface area contributed by atoms with Gasteiger partial charge in [0.25, 0.3) is 0 Å². The summed E-state index contributed by atoms with van der Waals surface area (Å²) in [5.41, 5.74) is 6.81. The Morgan fingerprint density at radius 2 is 2.16 bits per heavy atom. The topological polar surface area (TPSA) is 123 Å². The SMILES string of the molecule is CC(O)C1COC2CN(c3ccc(F)c4sc(N)c(C#N)c34)CC3N=C(OC[C@@]45CCCN4C[C@H](F)C5)N=C(C32)N1C1CC1. The minimum atomic E-state index is -0.858. The number of nitriles is 1. The fourth-order valence-electron chi connectivity index (χ4n) is 8.30. The number of rotatable bonds is 5. The number of amidine groups is 2. The molecule has 5 aliphatic heterocycles. The first kappa shape index (κ1) is 28.4. The predicted octanol–water partition coefficient (Wildman–Crippen LogP) is 3.27. The number of fused-ring (bicyclic) bond motifs is 2. The van der Waals surface area contributed by atoms with Gasteiger partial charge in [-0.1, -0.05) is 0 Å². The van der Waals surface area contributed by atoms with Crippen molar-refractivity contribution in [2.45, 2.75) is 81.1 Å². The number of nitrogens with two attached hydrogens (primary N) is 1. The van der Waals surface area contributed by atoms with E-state index in [1.165, 1.54) is 6.07 Å². The number of nitrogen functional groups attached to an aromatic ring is 1. The molecule has 1 aliphatic carbocycles. The number of hydrogen-bond acceptors (Lipinski definition) is 11. The summed E-state index contributed by atoms with van der Waals surface area (Å²) in [6.45, 7) is 4.71. The van der Waals surface area contributed by atoms with Gasteiger partial charge in [0.05, 0.1) is 52.6 Å². The lowest BCUT2D eigenvalue weighted by atomic mass is 9.86. The molecule has 5 unspecified atom stereocenters. The monoisotopic (exact) mass is 625 g/mol. The van der Waals surface area contributed by atoms with Crippen LogP contribution in [0.1, 0.15) is 44.6 Å². The number of benzene rings is 1. The number of nitrogens with zero attached hydrogens (tertiary/aromatic N) is 6. The maximum absolute atomic E-state index is 14.9. The van der Waals surface area contributed by atoms with Gasteiger partial charge in [-0.3, -0.25) is 4.90 Å². The number of aliphatic hydroxyl groups excluding tert-OH is 1. The van der Waals surface area contributed by atoms with Crippen molar-refractivity contribution in [1.82, 2.24) is 9.80 Å². The third-order valence-corrected chi connectivity index (χ3v) is 11.5. The van der Waals surface area contributed by atoms with Crippen LogP contribution in [-0.4, -0.2) is 108 Å². The van der Waals surface area contributed by atoms with E-state index in [-0.39, 0.29) is 52.3 Å². The molecule has 7 atom stereocenters. The molecule has 3 N–H and O–H groups in total. The molecule has 0 radical (unpaired) electrons. The van der Waals surface area contributed by atoms with Crippen molar-refractivity contribution < 1.29 is 23.4 Å². The summed E-state index contributed by atoms with van der Waals surface area (Å²) in [4.78, 5) is 16.7. The molecular weight excluding hydrogens is 588 g/mol. The van der Waals surface area contributed by atoms with Gasteiger partial charge in [-0.15, -0.1) is 11.3 Å². The Morgan fingerprint density at radius 3 is 2.93 bits per heavy atom. The summed E-state index contributed by atoms with van der Waals surface area (Å²) in [6, 6.07) is 5.28. The zero-order chi connectivity index (χ0) is 30.3. The molecular formula is C31H37F2N7O3S. The van der Waals surface area contributed by atoms with E-state index in [9.17, 15) is 19.1 Å². The van der Waals surface area contributed by atoms with E-state index >= 15 is 0 Å². The van der Waals surface area contributed by atoms with Crippen LogP contribution in [0.25, 0.3) is 10.1 Å². The Bertz CT molecular complexity index is 1590. The molecule has 1 saturated carbocycles. The molecule has 44 heavy (non-hydrogen) atoms. The Labute approximate surface area is 258 Å². The highest BCUT2D eigenvalue weighted by atomic mass is 32.1. The third kappa shape index (κ3) is 4.48. The number of piperidine rings is 1. The molecule has 13 heteroatoms. The van der Waals surface area contributed by atoms with Crippen molar-refractivity contribution in [2.24, 2.45) is 15.9 Å². The molecule has 0 spiro atoms. The highest BCUT2D eigenvalue weighted by Gasteiger charge is 2.53. The molecule has 2 aromatic rings. The van der Waals surface area contributed by atoms with E-state index in [2.05, 4.69) is 20.8 Å². The molecule has 10 nitrogen and oxygen atoms in total. The fourth-order valence-corrected chi connectivity index (χ4v) is 9.24. The maximum Gasteiger partial charge on any atom is 0.313 e. The molecule has 234 valence electrons. The average Bonchev–Trinajstić information content (AvgIpc) is 3.60. The van der Waals surface area contributed by atoms with Gasteiger partial charge in [-0.05, 0) is 51.3 Å². The predicted molar refractivity (Wildman–Crippen MR) is 164 cm³/mol. The number of alkyl halides is 1. The van der Waals surface area contributed by atoms with Gasteiger partial charge in [0.15, 0.2) is 0 Å². The first-order valence-corrected chi connectivity index (χ1v) is 16.5. The Morgan fingerprint density at radius 1 is 1.32 bits per heavy atom. The third-order valence-electron chi connectivity index (χ3n) is 10.5. The van der Waals surface area contributed by atoms with Crippen molar-refractivity contribution in [3.05, 3.63) is 23.5 Å². The molecule has 8 rings (SSSR count). The van der Waals surface area contributed by atoms with E-state index in [4.69, 9.17) is 25.2 Å². The number of anilines is 2. The van der Waals surface area contributed by atoms with Crippen LogP contribution >= 0.6 is 11.3 Å². The van der Waals surface area contributed by atoms with E-state index in [0.717, 1.165) is 49.4 Å². The van der Waals surface area contributed by atoms with Crippen molar-refractivity contribution in [3.8, 4) is 6.07 Å². The van der Waals surface area contributed by atoms with Crippen LogP contribution in [0.15, 0.2) is 22.1 Å². The van der Waals surface area contributed by atoms with E-state index in [1.807, 2.05) is 0 Å². The molecule has 0 amide bonds. The highest BCUT2D eigenvalue weighted by molar-refractivity contribution is 7.23. The van der Waals surface area contributed by atoms with Crippen LogP contribution < -0.4 is 10.6 Å². The smallest absolute Gasteiger partial charge is 0.313 e. The largest absolute Gasteiger partial charge is 0.462 e. The lowest BCUT2D eigenvalue weighted by Gasteiger charge is -2.45. The van der Waals surface area contributed by atoms with Crippen LogP contribution in [-0.2, 0) is 9.47 Å². The zero-order valence-electron chi connectivity index (χ0n) is 24.7. The Balaban J connectivity index is 1.18. The van der Waals surface area contributed by atoms with Gasteiger partial charge >= 0.3 is 6.02 Å². The summed E-state index contributed by atoms with van der Waals surface area (Å²) < 4.78 is 42.7. The second kappa shape index (κ2) is 10.5. The zero-order valence-corrected chi connectivity index (χ0v) is 25.5. The van der Waals surface area contributed by atoms with Crippen LogP contribution in [0.3, 0.4) is 0 Å². The van der Waals surface area contributed by atoms with Crippen LogP contribution in [0.2, 0.25) is 0 Å². The number of aliphatic imine (C=N–C) groups is 2. The standard InChI is InChI=1S/C31H37F2N7O3S/c1-16(41)23-14-42-24-13-38(22-6-5-20(33)27-25(22)19(10-34)28(35)44-27)12-21-26(24)29(40(23)18-3-4-18)37-30(36-21)43-15-31-7-2-8-39(31)11-17(32)9-31/h5-6,16-18,21,23-24,26,41H,2-4,7-9,11-15,35H2,1H3/t16?,17-,21?,23?,24?,26?,31+/m1/s1. The van der Waals surface area contributed by atoms with Crippen molar-refractivity contribution in [2.75, 3.05) is 50.0 Å². The first-order chi connectivity index (χ1) is 21.3. The van der Waals surface area contributed by atoms with Gasteiger partial charge in [0.2, 0.25) is 0 Å². The summed E-state index contributed by atoms with van der Waals surface area (Å²) in [5, 5.41) is 21.6. The second-order valence-corrected chi connectivity index (χ2v) is 14.3. The van der Waals surface area contributed by atoms with E-state index in [0.29, 0.717) is 55.0 Å². The van der Waals surface area contributed by atoms with Crippen LogP contribution in [0.5, 0.6) is 0 Å². The lowest BCUT2D eigenvalue weighted by molar-refractivity contribution is -0.0122. The summed E-state index contributed by atoms with van der Waals surface area (Å²) in [6.07, 6.45) is 2.58. The minimum absolute atomic E-state index is 0.162. The van der Waals surface area contributed by atoms with Gasteiger partial charge in [-0.2, -0.15) is 10.3 Å². The van der Waals surface area contributed by atoms with Crippen LogP contribution in [0.4, 0.5) is 19.5 Å². The maximum atomic E-state index is 14.9. The lowest BCUT2D eigenvalue weighted by Crippen LogP contribution is -2.59. The number of hydrogen-bond donors (Lipinski definition) is 2. The summed E-state index contributed by atoms with van der Waals surface area (Å²) in [7, 11) is 0. The Hall–Kier alpha value is -3.05. The van der Waals surface area contributed by atoms with E-state index in [1.54, 1.807) is 13.0 Å². The Kier molecular flexibility index (Phi) is 6.79. The molecule has 1 aromatic heterocycles. The van der Waals surface area contributed by atoms with Crippen molar-refractivity contribution in [3.63, 3.8) is 0 Å². The van der Waals surface area contributed by atoms with Gasteiger partial charge in [0, 0.05) is 43.2 Å². The van der Waals surface area contributed by atoms with E-state index < -0.39 is 18.1 Å². The molecule has 5 fully saturated rings. The average molecular weight is 626 g/mol. The second-order valence-electron chi connectivity index (χ2n) is 13.3. The normalized spacial score (nSPS) is 34.2. The summed E-state index contributed by atoms with van der Waals surface area (Å²) in [5.74, 6) is 0.267. The quantitative estimate of drug-likeness (QED) is 0.519. The molecule has 6 aliphatic rings. The number of halogens is 2. The first-order valence-electron chi connectivity index (χ1n) is 15.7. The van der Waals surface area contributed by atoms with Crippen molar-refractivity contribution in [1.29, 1.82) is 5.26 Å². The van der Waals surface area contributed by atoms with Gasteiger partial charge in [-0.25, -0.2) is 13.8 Å². The minimum Gasteiger partial charge on any atom is -0.462 e. The number of thiophene rings is 1. The molecule has 1 aromatic carbocycles.